The monoisotopic (exact) mass is 425 g/mol. The lowest BCUT2D eigenvalue weighted by atomic mass is 10.1. The SMILES string of the molecule is COc1ccc(C=NNc2nc(-c3ccccc3)c(C#N)c(=O)[nH]2)cc1Cn1ccnc1. The van der Waals surface area contributed by atoms with Gasteiger partial charge in [0.2, 0.25) is 5.95 Å². The van der Waals surface area contributed by atoms with Crippen LogP contribution in [0.1, 0.15) is 16.7 Å². The van der Waals surface area contributed by atoms with Crippen molar-refractivity contribution in [2.75, 3.05) is 12.5 Å². The van der Waals surface area contributed by atoms with Crippen LogP contribution in [0.5, 0.6) is 5.75 Å². The molecular weight excluding hydrogens is 406 g/mol. The highest BCUT2D eigenvalue weighted by molar-refractivity contribution is 5.81. The molecule has 32 heavy (non-hydrogen) atoms. The Morgan fingerprint density at radius 2 is 2.12 bits per heavy atom. The standard InChI is InChI=1S/C23H19N7O2/c1-32-20-8-7-16(11-18(20)14-30-10-9-25-15-30)13-26-29-23-27-21(17-5-3-2-4-6-17)19(12-24)22(31)28-23/h2-11,13,15H,14H2,1H3,(H2,27,28,29,31). The van der Waals surface area contributed by atoms with Crippen molar-refractivity contribution in [3.63, 3.8) is 0 Å². The van der Waals surface area contributed by atoms with Gasteiger partial charge in [0.05, 0.1) is 31.9 Å². The maximum atomic E-state index is 12.3. The molecule has 0 bridgehead atoms. The number of aromatic nitrogens is 4. The first-order valence-electron chi connectivity index (χ1n) is 9.69. The summed E-state index contributed by atoms with van der Waals surface area (Å²) in [7, 11) is 1.62. The fraction of sp³-hybridized carbons (Fsp3) is 0.0870. The van der Waals surface area contributed by atoms with E-state index in [0.29, 0.717) is 17.8 Å². The van der Waals surface area contributed by atoms with Crippen LogP contribution in [0.25, 0.3) is 11.3 Å². The lowest BCUT2D eigenvalue weighted by molar-refractivity contribution is 0.408. The van der Waals surface area contributed by atoms with E-state index in [2.05, 4.69) is 25.5 Å². The third-order valence-corrected chi connectivity index (χ3v) is 4.68. The molecule has 0 spiro atoms. The molecule has 0 amide bonds. The van der Waals surface area contributed by atoms with E-state index in [-0.39, 0.29) is 11.5 Å². The molecule has 0 aliphatic carbocycles. The largest absolute Gasteiger partial charge is 0.496 e. The zero-order valence-electron chi connectivity index (χ0n) is 17.2. The van der Waals surface area contributed by atoms with Gasteiger partial charge in [-0.05, 0) is 23.8 Å². The van der Waals surface area contributed by atoms with Crippen LogP contribution in [0.3, 0.4) is 0 Å². The first kappa shape index (κ1) is 20.6. The van der Waals surface area contributed by atoms with Crippen LogP contribution in [0.2, 0.25) is 0 Å². The van der Waals surface area contributed by atoms with Crippen molar-refractivity contribution >= 4 is 12.2 Å². The van der Waals surface area contributed by atoms with Crippen molar-refractivity contribution in [2.24, 2.45) is 5.10 Å². The molecule has 2 aromatic heterocycles. The normalized spacial score (nSPS) is 10.8. The number of nitrogens with zero attached hydrogens (tertiary/aromatic N) is 5. The molecule has 9 heteroatoms. The van der Waals surface area contributed by atoms with E-state index in [1.807, 2.05) is 53.2 Å². The minimum Gasteiger partial charge on any atom is -0.496 e. The summed E-state index contributed by atoms with van der Waals surface area (Å²) in [5, 5.41) is 13.5. The molecule has 0 atom stereocenters. The summed E-state index contributed by atoms with van der Waals surface area (Å²) >= 11 is 0. The first-order chi connectivity index (χ1) is 15.7. The second-order valence-corrected chi connectivity index (χ2v) is 6.79. The van der Waals surface area contributed by atoms with Crippen LogP contribution >= 0.6 is 0 Å². The molecule has 2 heterocycles. The predicted octanol–water partition coefficient (Wildman–Crippen LogP) is 3.01. The molecule has 0 saturated carbocycles. The van der Waals surface area contributed by atoms with Crippen molar-refractivity contribution < 1.29 is 4.74 Å². The molecule has 2 N–H and O–H groups in total. The zero-order chi connectivity index (χ0) is 22.3. The average molecular weight is 425 g/mol. The van der Waals surface area contributed by atoms with Crippen LogP contribution in [0, 0.1) is 11.3 Å². The number of nitrogens with one attached hydrogen (secondary N) is 2. The van der Waals surface area contributed by atoms with Gasteiger partial charge in [0.25, 0.3) is 5.56 Å². The van der Waals surface area contributed by atoms with E-state index < -0.39 is 5.56 Å². The van der Waals surface area contributed by atoms with E-state index in [0.717, 1.165) is 16.9 Å². The van der Waals surface area contributed by atoms with Gasteiger partial charge in [0.1, 0.15) is 17.4 Å². The Bertz CT molecular complexity index is 1340. The number of hydrogen-bond acceptors (Lipinski definition) is 7. The summed E-state index contributed by atoms with van der Waals surface area (Å²) in [5.41, 5.74) is 4.90. The topological polar surface area (TPSA) is 121 Å². The second-order valence-electron chi connectivity index (χ2n) is 6.79. The molecule has 0 unspecified atom stereocenters. The molecule has 0 aliphatic rings. The summed E-state index contributed by atoms with van der Waals surface area (Å²) in [4.78, 5) is 23.3. The molecule has 0 aliphatic heterocycles. The minimum atomic E-state index is -0.536. The number of benzene rings is 2. The number of imidazole rings is 1. The summed E-state index contributed by atoms with van der Waals surface area (Å²) in [6.07, 6.45) is 6.94. The highest BCUT2D eigenvalue weighted by atomic mass is 16.5. The number of hydrogen-bond donors (Lipinski definition) is 2. The van der Waals surface area contributed by atoms with Gasteiger partial charge in [-0.1, -0.05) is 30.3 Å². The van der Waals surface area contributed by atoms with E-state index in [1.54, 1.807) is 38.0 Å². The summed E-state index contributed by atoms with van der Waals surface area (Å²) in [6.45, 7) is 0.600. The smallest absolute Gasteiger partial charge is 0.270 e. The molecule has 2 aromatic carbocycles. The molecule has 158 valence electrons. The third kappa shape index (κ3) is 4.55. The van der Waals surface area contributed by atoms with Crippen molar-refractivity contribution in [1.29, 1.82) is 5.26 Å². The van der Waals surface area contributed by atoms with Gasteiger partial charge in [-0.25, -0.2) is 15.4 Å². The highest BCUT2D eigenvalue weighted by Crippen LogP contribution is 2.21. The van der Waals surface area contributed by atoms with E-state index >= 15 is 0 Å². The number of methoxy groups -OCH3 is 1. The van der Waals surface area contributed by atoms with Gasteiger partial charge in [-0.15, -0.1) is 0 Å². The van der Waals surface area contributed by atoms with Gasteiger partial charge in [0.15, 0.2) is 0 Å². The Morgan fingerprint density at radius 1 is 1.28 bits per heavy atom. The number of rotatable bonds is 7. The van der Waals surface area contributed by atoms with Crippen molar-refractivity contribution in [3.05, 3.63) is 94.3 Å². The van der Waals surface area contributed by atoms with E-state index in [4.69, 9.17) is 4.74 Å². The number of ether oxygens (including phenoxy) is 1. The fourth-order valence-corrected chi connectivity index (χ4v) is 3.18. The first-order valence-corrected chi connectivity index (χ1v) is 9.69. The van der Waals surface area contributed by atoms with E-state index in [9.17, 15) is 10.1 Å². The van der Waals surface area contributed by atoms with Crippen LogP contribution < -0.4 is 15.7 Å². The molecule has 9 nitrogen and oxygen atoms in total. The maximum Gasteiger partial charge on any atom is 0.270 e. The third-order valence-electron chi connectivity index (χ3n) is 4.68. The van der Waals surface area contributed by atoms with Gasteiger partial charge in [-0.3, -0.25) is 9.78 Å². The highest BCUT2D eigenvalue weighted by Gasteiger charge is 2.13. The molecule has 4 aromatic rings. The maximum absolute atomic E-state index is 12.3. The molecule has 0 fully saturated rings. The number of hydrazone groups is 1. The van der Waals surface area contributed by atoms with Crippen molar-refractivity contribution in [2.45, 2.75) is 6.54 Å². The Balaban J connectivity index is 1.57. The van der Waals surface area contributed by atoms with Gasteiger partial charge in [-0.2, -0.15) is 10.4 Å². The van der Waals surface area contributed by atoms with Crippen molar-refractivity contribution in [1.82, 2.24) is 19.5 Å². The Hall–Kier alpha value is -4.71. The lowest BCUT2D eigenvalue weighted by Crippen LogP contribution is -2.16. The Kier molecular flexibility index (Phi) is 6.04. The Morgan fingerprint density at radius 3 is 2.84 bits per heavy atom. The predicted molar refractivity (Wildman–Crippen MR) is 121 cm³/mol. The van der Waals surface area contributed by atoms with Gasteiger partial charge in [0, 0.05) is 23.5 Å². The van der Waals surface area contributed by atoms with Crippen LogP contribution in [-0.4, -0.2) is 32.8 Å². The number of H-pyrrole nitrogens is 1. The average Bonchev–Trinajstić information content (AvgIpc) is 3.33. The van der Waals surface area contributed by atoms with Crippen LogP contribution in [-0.2, 0) is 6.54 Å². The lowest BCUT2D eigenvalue weighted by Gasteiger charge is -2.10. The van der Waals surface area contributed by atoms with Crippen LogP contribution in [0.4, 0.5) is 5.95 Å². The molecular formula is C23H19N7O2. The van der Waals surface area contributed by atoms with Gasteiger partial charge < -0.3 is 9.30 Å². The number of nitriles is 1. The number of aromatic amines is 1. The summed E-state index contributed by atoms with van der Waals surface area (Å²) in [5.74, 6) is 0.894. The minimum absolute atomic E-state index is 0.0509. The van der Waals surface area contributed by atoms with Crippen LogP contribution in [0.15, 0.2) is 77.1 Å². The van der Waals surface area contributed by atoms with Gasteiger partial charge >= 0.3 is 0 Å². The number of anilines is 1. The fourth-order valence-electron chi connectivity index (χ4n) is 3.18. The quantitative estimate of drug-likeness (QED) is 0.347. The molecule has 0 saturated heterocycles. The van der Waals surface area contributed by atoms with E-state index in [1.165, 1.54) is 0 Å². The summed E-state index contributed by atoms with van der Waals surface area (Å²) in [6, 6.07) is 16.7. The van der Waals surface area contributed by atoms with Crippen molar-refractivity contribution in [3.8, 4) is 23.1 Å². The molecule has 0 radical (unpaired) electrons. The Labute approximate surface area is 183 Å². The molecule has 4 rings (SSSR count). The zero-order valence-corrected chi connectivity index (χ0v) is 17.2. The summed E-state index contributed by atoms with van der Waals surface area (Å²) < 4.78 is 7.38. The second kappa shape index (κ2) is 9.40.